The first kappa shape index (κ1) is 32.8. The standard InChI is InChI=1S/C37H40O6S2/c1-5-42-34(40)14-8-12-30(38)24-16-18-28-32(20-24)44-22(3)36(28)26-10-7-11-27(26)37-23(4)45-33-21-25(17-19-29(33)37)31(39)13-9-15-35(41)43-6-2/h16-21H,5-15H2,1-4H3. The molecule has 6 nitrogen and oxygen atoms in total. The van der Waals surface area contributed by atoms with Gasteiger partial charge in [0.1, 0.15) is 0 Å². The molecule has 8 heteroatoms. The lowest BCUT2D eigenvalue weighted by molar-refractivity contribution is -0.144. The highest BCUT2D eigenvalue weighted by molar-refractivity contribution is 7.19. The van der Waals surface area contributed by atoms with Gasteiger partial charge in [0, 0.05) is 66.7 Å². The number of fused-ring (bicyclic) bond motifs is 2. The number of thiophene rings is 2. The van der Waals surface area contributed by atoms with Crippen LogP contribution in [-0.2, 0) is 19.1 Å². The van der Waals surface area contributed by atoms with Crippen molar-refractivity contribution in [1.29, 1.82) is 0 Å². The van der Waals surface area contributed by atoms with Gasteiger partial charge >= 0.3 is 11.9 Å². The van der Waals surface area contributed by atoms with E-state index in [1.54, 1.807) is 36.5 Å². The topological polar surface area (TPSA) is 86.7 Å². The Hall–Kier alpha value is -3.62. The van der Waals surface area contributed by atoms with Crippen LogP contribution in [0.5, 0.6) is 0 Å². The van der Waals surface area contributed by atoms with Gasteiger partial charge in [-0.1, -0.05) is 24.3 Å². The first-order valence-electron chi connectivity index (χ1n) is 15.9. The molecule has 1 aliphatic rings. The third kappa shape index (κ3) is 7.28. The van der Waals surface area contributed by atoms with Gasteiger partial charge in [0.2, 0.25) is 0 Å². The van der Waals surface area contributed by atoms with Crippen LogP contribution in [0, 0.1) is 13.8 Å². The monoisotopic (exact) mass is 644 g/mol. The largest absolute Gasteiger partial charge is 0.466 e. The summed E-state index contributed by atoms with van der Waals surface area (Å²) < 4.78 is 12.2. The van der Waals surface area contributed by atoms with Crippen molar-refractivity contribution in [3.8, 4) is 0 Å². The number of ether oxygens (including phenoxy) is 2. The van der Waals surface area contributed by atoms with Crippen molar-refractivity contribution in [2.45, 2.75) is 85.5 Å². The molecule has 0 N–H and O–H groups in total. The number of hydrogen-bond acceptors (Lipinski definition) is 8. The molecule has 0 unspecified atom stereocenters. The lowest BCUT2D eigenvalue weighted by atomic mass is 9.92. The molecule has 0 saturated carbocycles. The summed E-state index contributed by atoms with van der Waals surface area (Å²) >= 11 is 3.46. The average Bonchev–Trinajstić information content (AvgIpc) is 3.69. The summed E-state index contributed by atoms with van der Waals surface area (Å²) in [6.45, 7) is 8.61. The van der Waals surface area contributed by atoms with Crippen LogP contribution in [0.25, 0.3) is 31.3 Å². The van der Waals surface area contributed by atoms with Crippen LogP contribution in [0.15, 0.2) is 36.4 Å². The number of allylic oxidation sites excluding steroid dienone is 2. The van der Waals surface area contributed by atoms with Crippen LogP contribution in [0.3, 0.4) is 0 Å². The number of ketones is 2. The summed E-state index contributed by atoms with van der Waals surface area (Å²) in [5.41, 5.74) is 6.71. The summed E-state index contributed by atoms with van der Waals surface area (Å²) in [5.74, 6) is -0.422. The van der Waals surface area contributed by atoms with Gasteiger partial charge in [0.15, 0.2) is 11.6 Å². The Bertz CT molecular complexity index is 1670. The summed E-state index contributed by atoms with van der Waals surface area (Å²) in [5, 5.41) is 2.37. The van der Waals surface area contributed by atoms with Gasteiger partial charge in [0.25, 0.3) is 0 Å². The normalized spacial score (nSPS) is 13.2. The van der Waals surface area contributed by atoms with E-state index >= 15 is 0 Å². The Morgan fingerprint density at radius 2 is 1.07 bits per heavy atom. The number of carbonyl (C=O) groups is 4. The minimum absolute atomic E-state index is 0.0480. The molecule has 2 aromatic heterocycles. The predicted molar refractivity (Wildman–Crippen MR) is 183 cm³/mol. The van der Waals surface area contributed by atoms with Gasteiger partial charge in [-0.15, -0.1) is 22.7 Å². The number of hydrogen-bond donors (Lipinski definition) is 0. The lowest BCUT2D eigenvalue weighted by Gasteiger charge is -2.11. The molecule has 0 bridgehead atoms. The molecule has 5 rings (SSSR count). The van der Waals surface area contributed by atoms with Crippen molar-refractivity contribution in [2.75, 3.05) is 13.2 Å². The summed E-state index contributed by atoms with van der Waals surface area (Å²) in [6.07, 6.45) is 5.23. The van der Waals surface area contributed by atoms with Crippen molar-refractivity contribution in [3.05, 3.63) is 68.4 Å². The van der Waals surface area contributed by atoms with E-state index in [0.29, 0.717) is 50.0 Å². The van der Waals surface area contributed by atoms with E-state index < -0.39 is 0 Å². The molecule has 0 atom stereocenters. The second-order valence-electron chi connectivity index (χ2n) is 11.5. The molecular weight excluding hydrogens is 605 g/mol. The van der Waals surface area contributed by atoms with E-state index in [4.69, 9.17) is 9.47 Å². The van der Waals surface area contributed by atoms with Crippen LogP contribution in [0.1, 0.15) is 113 Å². The van der Waals surface area contributed by atoms with E-state index in [0.717, 1.165) is 28.7 Å². The van der Waals surface area contributed by atoms with E-state index in [9.17, 15) is 19.2 Å². The van der Waals surface area contributed by atoms with Gasteiger partial charge in [-0.05, 0) is 94.2 Å². The molecule has 0 amide bonds. The predicted octanol–water partition coefficient (Wildman–Crippen LogP) is 9.66. The molecule has 1 aliphatic carbocycles. The Balaban J connectivity index is 1.40. The Morgan fingerprint density at radius 3 is 1.47 bits per heavy atom. The van der Waals surface area contributed by atoms with Crippen LogP contribution < -0.4 is 0 Å². The summed E-state index contributed by atoms with van der Waals surface area (Å²) in [6, 6.07) is 12.1. The molecular formula is C37H40O6S2. The molecule has 0 fully saturated rings. The number of carbonyl (C=O) groups excluding carboxylic acids is 4. The molecule has 0 spiro atoms. The minimum atomic E-state index is -0.259. The van der Waals surface area contributed by atoms with E-state index in [1.807, 2.05) is 24.3 Å². The van der Waals surface area contributed by atoms with Crippen LogP contribution in [0.4, 0.5) is 0 Å². The molecule has 236 valence electrons. The molecule has 0 saturated heterocycles. The summed E-state index contributed by atoms with van der Waals surface area (Å²) in [4.78, 5) is 51.7. The molecule has 0 radical (unpaired) electrons. The highest BCUT2D eigenvalue weighted by Crippen LogP contribution is 2.49. The van der Waals surface area contributed by atoms with Gasteiger partial charge in [-0.2, -0.15) is 0 Å². The Kier molecular flexibility index (Phi) is 10.7. The number of esters is 2. The van der Waals surface area contributed by atoms with Crippen molar-refractivity contribution in [2.24, 2.45) is 0 Å². The molecule has 45 heavy (non-hydrogen) atoms. The second kappa shape index (κ2) is 14.6. The van der Waals surface area contributed by atoms with Gasteiger partial charge in [0.05, 0.1) is 13.2 Å². The average molecular weight is 645 g/mol. The zero-order valence-corrected chi connectivity index (χ0v) is 28.1. The number of benzene rings is 2. The fraction of sp³-hybridized carbons (Fsp3) is 0.405. The van der Waals surface area contributed by atoms with Crippen LogP contribution in [0.2, 0.25) is 0 Å². The SMILES string of the molecule is CCOC(=O)CCCC(=O)c1ccc2c(C3=C(c4c(C)sc5cc(C(=O)CCCC(=O)OCC)ccc45)CCC3)c(C)sc2c1. The molecule has 2 aromatic carbocycles. The quantitative estimate of drug-likeness (QED) is 0.100. The fourth-order valence-electron chi connectivity index (χ4n) is 6.37. The first-order valence-corrected chi connectivity index (χ1v) is 17.5. The van der Waals surface area contributed by atoms with Gasteiger partial charge < -0.3 is 9.47 Å². The Morgan fingerprint density at radius 1 is 0.644 bits per heavy atom. The van der Waals surface area contributed by atoms with Crippen molar-refractivity contribution >= 4 is 77.5 Å². The maximum absolute atomic E-state index is 12.9. The van der Waals surface area contributed by atoms with E-state index in [2.05, 4.69) is 26.0 Å². The van der Waals surface area contributed by atoms with Crippen molar-refractivity contribution in [3.63, 3.8) is 0 Å². The van der Waals surface area contributed by atoms with Crippen LogP contribution in [-0.4, -0.2) is 36.7 Å². The number of Topliss-reactive ketones (excluding diaryl/α,β-unsaturated/α-hetero) is 2. The minimum Gasteiger partial charge on any atom is -0.466 e. The maximum atomic E-state index is 12.9. The van der Waals surface area contributed by atoms with Crippen molar-refractivity contribution in [1.82, 2.24) is 0 Å². The Labute approximate surface area is 272 Å². The van der Waals surface area contributed by atoms with Gasteiger partial charge in [-0.25, -0.2) is 0 Å². The van der Waals surface area contributed by atoms with E-state index in [1.165, 1.54) is 42.8 Å². The summed E-state index contributed by atoms with van der Waals surface area (Å²) in [7, 11) is 0. The van der Waals surface area contributed by atoms with E-state index in [-0.39, 0.29) is 36.3 Å². The zero-order chi connectivity index (χ0) is 32.1. The number of aryl methyl sites for hydroxylation is 2. The highest BCUT2D eigenvalue weighted by atomic mass is 32.1. The maximum Gasteiger partial charge on any atom is 0.305 e. The fourth-order valence-corrected chi connectivity index (χ4v) is 8.63. The third-order valence-corrected chi connectivity index (χ3v) is 10.5. The molecule has 4 aromatic rings. The first-order chi connectivity index (χ1) is 21.7. The van der Waals surface area contributed by atoms with Crippen molar-refractivity contribution < 1.29 is 28.7 Å². The highest BCUT2D eigenvalue weighted by Gasteiger charge is 2.26. The second-order valence-corrected chi connectivity index (χ2v) is 14.0. The number of rotatable bonds is 14. The van der Waals surface area contributed by atoms with Gasteiger partial charge in [-0.3, -0.25) is 19.2 Å². The smallest absolute Gasteiger partial charge is 0.305 e. The zero-order valence-electron chi connectivity index (χ0n) is 26.5. The molecule has 0 aliphatic heterocycles. The molecule has 2 heterocycles. The third-order valence-electron chi connectivity index (χ3n) is 8.38. The lowest BCUT2D eigenvalue weighted by Crippen LogP contribution is -2.05. The van der Waals surface area contributed by atoms with Crippen LogP contribution >= 0.6 is 22.7 Å².